The van der Waals surface area contributed by atoms with Crippen LogP contribution in [0.25, 0.3) is 0 Å². The smallest absolute Gasteiger partial charge is 0.251 e. The van der Waals surface area contributed by atoms with Gasteiger partial charge in [0.25, 0.3) is 5.91 Å². The predicted molar refractivity (Wildman–Crippen MR) is 132 cm³/mol. The first-order valence-corrected chi connectivity index (χ1v) is 10.1. The van der Waals surface area contributed by atoms with Crippen molar-refractivity contribution in [3.05, 3.63) is 65.7 Å². The number of amides is 1. The maximum atomic E-state index is 12.3. The number of carbonyl (C=O) groups excluding carboxylic acids is 1. The minimum Gasteiger partial charge on any atom is -0.497 e. The second-order valence-corrected chi connectivity index (χ2v) is 7.25. The fraction of sp³-hybridized carbons (Fsp3) is 0.391. The minimum absolute atomic E-state index is 0. The first-order chi connectivity index (χ1) is 14.2. The van der Waals surface area contributed by atoms with E-state index in [-0.39, 0.29) is 29.9 Å². The van der Waals surface area contributed by atoms with E-state index in [1.807, 2.05) is 19.2 Å². The Morgan fingerprint density at radius 2 is 1.90 bits per heavy atom. The molecule has 30 heavy (non-hydrogen) atoms. The largest absolute Gasteiger partial charge is 0.497 e. The van der Waals surface area contributed by atoms with Crippen LogP contribution in [0.5, 0.6) is 5.75 Å². The lowest BCUT2D eigenvalue weighted by atomic mass is 9.99. The number of rotatable bonds is 7. The van der Waals surface area contributed by atoms with E-state index in [1.54, 1.807) is 19.2 Å². The van der Waals surface area contributed by atoms with Gasteiger partial charge in [0.2, 0.25) is 0 Å². The summed E-state index contributed by atoms with van der Waals surface area (Å²) in [6.07, 6.45) is 2.27. The molecule has 1 heterocycles. The summed E-state index contributed by atoms with van der Waals surface area (Å²) in [5.41, 5.74) is 1.99. The van der Waals surface area contributed by atoms with E-state index in [2.05, 4.69) is 50.9 Å². The Labute approximate surface area is 196 Å². The second kappa shape index (κ2) is 12.4. The third kappa shape index (κ3) is 6.90. The SMILES string of the molecule is CN=C(NCCNC(=O)c1cccc(OC)c1)N1CCC(Cc2ccccc2)C1.I. The second-order valence-electron chi connectivity index (χ2n) is 7.25. The van der Waals surface area contributed by atoms with Gasteiger partial charge in [0.05, 0.1) is 7.11 Å². The van der Waals surface area contributed by atoms with Crippen molar-refractivity contribution in [2.75, 3.05) is 40.3 Å². The van der Waals surface area contributed by atoms with Crippen LogP contribution in [0, 0.1) is 5.92 Å². The molecule has 1 fully saturated rings. The van der Waals surface area contributed by atoms with E-state index in [9.17, 15) is 4.79 Å². The number of hydrogen-bond donors (Lipinski definition) is 2. The molecule has 1 aliphatic heterocycles. The molecule has 1 unspecified atom stereocenters. The summed E-state index contributed by atoms with van der Waals surface area (Å²) in [5.74, 6) is 2.11. The average molecular weight is 522 g/mol. The van der Waals surface area contributed by atoms with Gasteiger partial charge in [-0.25, -0.2) is 0 Å². The highest BCUT2D eigenvalue weighted by Gasteiger charge is 2.24. The third-order valence-electron chi connectivity index (χ3n) is 5.19. The Kier molecular flexibility index (Phi) is 9.93. The van der Waals surface area contributed by atoms with Crippen molar-refractivity contribution in [1.29, 1.82) is 0 Å². The van der Waals surface area contributed by atoms with Crippen LogP contribution in [0.4, 0.5) is 0 Å². The van der Waals surface area contributed by atoms with Gasteiger partial charge in [-0.05, 0) is 42.5 Å². The van der Waals surface area contributed by atoms with Crippen molar-refractivity contribution >= 4 is 35.8 Å². The van der Waals surface area contributed by atoms with Crippen molar-refractivity contribution < 1.29 is 9.53 Å². The molecule has 2 aromatic carbocycles. The predicted octanol–water partition coefficient (Wildman–Crippen LogP) is 3.18. The van der Waals surface area contributed by atoms with Crippen LogP contribution in [0.2, 0.25) is 0 Å². The molecule has 1 aliphatic rings. The van der Waals surface area contributed by atoms with Crippen LogP contribution < -0.4 is 15.4 Å². The minimum atomic E-state index is -0.107. The number of nitrogens with one attached hydrogen (secondary N) is 2. The zero-order chi connectivity index (χ0) is 20.5. The molecule has 3 rings (SSSR count). The van der Waals surface area contributed by atoms with Gasteiger partial charge < -0.3 is 20.3 Å². The summed E-state index contributed by atoms with van der Waals surface area (Å²) in [6, 6.07) is 17.8. The quantitative estimate of drug-likeness (QED) is 0.254. The van der Waals surface area contributed by atoms with E-state index in [0.717, 1.165) is 25.5 Å². The average Bonchev–Trinajstić information content (AvgIpc) is 3.22. The van der Waals surface area contributed by atoms with Crippen LogP contribution in [0.3, 0.4) is 0 Å². The Hall–Kier alpha value is -2.29. The third-order valence-corrected chi connectivity index (χ3v) is 5.19. The van der Waals surface area contributed by atoms with Crippen LogP contribution in [0.15, 0.2) is 59.6 Å². The molecule has 1 saturated heterocycles. The van der Waals surface area contributed by atoms with Crippen LogP contribution in [-0.2, 0) is 6.42 Å². The highest BCUT2D eigenvalue weighted by Crippen LogP contribution is 2.20. The maximum Gasteiger partial charge on any atom is 0.251 e. The molecule has 1 atom stereocenters. The highest BCUT2D eigenvalue weighted by atomic mass is 127. The van der Waals surface area contributed by atoms with Crippen LogP contribution in [-0.4, -0.2) is 57.1 Å². The maximum absolute atomic E-state index is 12.3. The number of benzene rings is 2. The zero-order valence-electron chi connectivity index (χ0n) is 17.6. The number of hydrogen-bond acceptors (Lipinski definition) is 3. The van der Waals surface area contributed by atoms with Crippen molar-refractivity contribution in [3.8, 4) is 5.75 Å². The topological polar surface area (TPSA) is 66.0 Å². The van der Waals surface area contributed by atoms with Crippen molar-refractivity contribution in [2.24, 2.45) is 10.9 Å². The summed E-state index contributed by atoms with van der Waals surface area (Å²) < 4.78 is 5.17. The lowest BCUT2D eigenvalue weighted by Crippen LogP contribution is -2.43. The van der Waals surface area contributed by atoms with Gasteiger partial charge in [0.1, 0.15) is 5.75 Å². The monoisotopic (exact) mass is 522 g/mol. The van der Waals surface area contributed by atoms with Gasteiger partial charge in [-0.3, -0.25) is 9.79 Å². The van der Waals surface area contributed by atoms with Crippen molar-refractivity contribution in [1.82, 2.24) is 15.5 Å². The molecule has 1 amide bonds. The standard InChI is InChI=1S/C23H30N4O2.HI/c1-24-23(27-14-11-19(17-27)15-18-7-4-3-5-8-18)26-13-12-25-22(28)20-9-6-10-21(16-20)29-2;/h3-10,16,19H,11-15,17H2,1-2H3,(H,24,26)(H,25,28);1H. The van der Waals surface area contributed by atoms with E-state index in [1.165, 1.54) is 12.0 Å². The first-order valence-electron chi connectivity index (χ1n) is 10.1. The fourth-order valence-electron chi connectivity index (χ4n) is 3.69. The van der Waals surface area contributed by atoms with Crippen molar-refractivity contribution in [3.63, 3.8) is 0 Å². The Balaban J connectivity index is 0.00000320. The molecule has 0 aromatic heterocycles. The van der Waals surface area contributed by atoms with E-state index in [4.69, 9.17) is 4.74 Å². The molecular formula is C23H31IN4O2. The van der Waals surface area contributed by atoms with Gasteiger partial charge >= 0.3 is 0 Å². The molecule has 2 N–H and O–H groups in total. The fourth-order valence-corrected chi connectivity index (χ4v) is 3.69. The molecule has 2 aromatic rings. The normalized spacial score (nSPS) is 16.0. The van der Waals surface area contributed by atoms with Gasteiger partial charge in [-0.1, -0.05) is 36.4 Å². The van der Waals surface area contributed by atoms with Gasteiger partial charge in [0, 0.05) is 38.8 Å². The number of aliphatic imine (C=N–C) groups is 1. The van der Waals surface area contributed by atoms with Crippen LogP contribution >= 0.6 is 24.0 Å². The van der Waals surface area contributed by atoms with E-state index in [0.29, 0.717) is 30.3 Å². The molecule has 7 heteroatoms. The number of likely N-dealkylation sites (tertiary alicyclic amines) is 1. The van der Waals surface area contributed by atoms with Gasteiger partial charge in [-0.15, -0.1) is 24.0 Å². The summed E-state index contributed by atoms with van der Waals surface area (Å²) >= 11 is 0. The molecule has 0 aliphatic carbocycles. The van der Waals surface area contributed by atoms with Crippen LogP contribution in [0.1, 0.15) is 22.3 Å². The molecular weight excluding hydrogens is 491 g/mol. The highest BCUT2D eigenvalue weighted by molar-refractivity contribution is 14.0. The lowest BCUT2D eigenvalue weighted by molar-refractivity contribution is 0.0954. The zero-order valence-corrected chi connectivity index (χ0v) is 20.0. The first kappa shape index (κ1) is 24.0. The summed E-state index contributed by atoms with van der Waals surface area (Å²) in [4.78, 5) is 19.0. The summed E-state index contributed by atoms with van der Waals surface area (Å²) in [5, 5.41) is 6.29. The molecule has 6 nitrogen and oxygen atoms in total. The number of methoxy groups -OCH3 is 1. The van der Waals surface area contributed by atoms with E-state index < -0.39 is 0 Å². The number of carbonyl (C=O) groups is 1. The van der Waals surface area contributed by atoms with Gasteiger partial charge in [-0.2, -0.15) is 0 Å². The molecule has 0 radical (unpaired) electrons. The number of halogens is 1. The van der Waals surface area contributed by atoms with E-state index >= 15 is 0 Å². The van der Waals surface area contributed by atoms with Gasteiger partial charge in [0.15, 0.2) is 5.96 Å². The summed E-state index contributed by atoms with van der Waals surface area (Å²) in [6.45, 7) is 3.16. The van der Waals surface area contributed by atoms with Crippen molar-refractivity contribution in [2.45, 2.75) is 12.8 Å². The molecule has 0 saturated carbocycles. The summed E-state index contributed by atoms with van der Waals surface area (Å²) in [7, 11) is 3.40. The number of nitrogens with zero attached hydrogens (tertiary/aromatic N) is 2. The molecule has 0 spiro atoms. The lowest BCUT2D eigenvalue weighted by Gasteiger charge is -2.22. The molecule has 162 valence electrons. The number of guanidine groups is 1. The Bertz CT molecular complexity index is 829. The Morgan fingerprint density at radius 1 is 1.13 bits per heavy atom. The Morgan fingerprint density at radius 3 is 2.63 bits per heavy atom. The molecule has 0 bridgehead atoms. The number of ether oxygens (including phenoxy) is 1.